The van der Waals surface area contributed by atoms with Gasteiger partial charge in [-0.25, -0.2) is 9.97 Å². The Morgan fingerprint density at radius 2 is 1.71 bits per heavy atom. The summed E-state index contributed by atoms with van der Waals surface area (Å²) in [7, 11) is 0. The van der Waals surface area contributed by atoms with E-state index in [0.717, 1.165) is 28.0 Å². The Kier molecular flexibility index (Phi) is 2.17. The summed E-state index contributed by atoms with van der Waals surface area (Å²) < 4.78 is 0. The fraction of sp³-hybridized carbons (Fsp3) is 0.273. The Labute approximate surface area is 83.0 Å². The molecule has 3 heteroatoms. The van der Waals surface area contributed by atoms with E-state index in [1.165, 1.54) is 0 Å². The standard InChI is InChI=1S/C11H13N3/c1-7-8(2)14-11-5-9(6-12)3-4-10(11)13-7/h3-5H,6,12H2,1-2H3. The molecule has 0 aliphatic heterocycles. The van der Waals surface area contributed by atoms with Crippen LogP contribution in [0.5, 0.6) is 0 Å². The first kappa shape index (κ1) is 9.09. The zero-order valence-corrected chi connectivity index (χ0v) is 8.41. The number of hydrogen-bond donors (Lipinski definition) is 1. The van der Waals surface area contributed by atoms with Crippen molar-refractivity contribution < 1.29 is 0 Å². The molecule has 0 fully saturated rings. The van der Waals surface area contributed by atoms with Crippen molar-refractivity contribution in [2.45, 2.75) is 20.4 Å². The number of rotatable bonds is 1. The van der Waals surface area contributed by atoms with Crippen molar-refractivity contribution in [3.8, 4) is 0 Å². The van der Waals surface area contributed by atoms with Crippen LogP contribution in [0.4, 0.5) is 0 Å². The average Bonchev–Trinajstić information content (AvgIpc) is 2.19. The molecular weight excluding hydrogens is 174 g/mol. The molecule has 1 aromatic carbocycles. The Morgan fingerprint density at radius 3 is 2.36 bits per heavy atom. The lowest BCUT2D eigenvalue weighted by atomic mass is 10.2. The fourth-order valence-corrected chi connectivity index (χ4v) is 1.40. The Hall–Kier alpha value is -1.48. The molecule has 2 N–H and O–H groups in total. The summed E-state index contributed by atoms with van der Waals surface area (Å²) in [4.78, 5) is 8.91. The van der Waals surface area contributed by atoms with Crippen LogP contribution in [0, 0.1) is 13.8 Å². The van der Waals surface area contributed by atoms with E-state index in [0.29, 0.717) is 6.54 Å². The summed E-state index contributed by atoms with van der Waals surface area (Å²) >= 11 is 0. The topological polar surface area (TPSA) is 51.8 Å². The highest BCUT2D eigenvalue weighted by Gasteiger charge is 2.01. The first-order valence-corrected chi connectivity index (χ1v) is 4.64. The summed E-state index contributed by atoms with van der Waals surface area (Å²) in [6, 6.07) is 5.96. The van der Waals surface area contributed by atoms with Crippen LogP contribution in [0.3, 0.4) is 0 Å². The molecule has 2 aromatic rings. The lowest BCUT2D eigenvalue weighted by Crippen LogP contribution is -1.98. The molecule has 72 valence electrons. The predicted octanol–water partition coefficient (Wildman–Crippen LogP) is 1.71. The van der Waals surface area contributed by atoms with Gasteiger partial charge in [-0.2, -0.15) is 0 Å². The highest BCUT2D eigenvalue weighted by Crippen LogP contribution is 2.13. The van der Waals surface area contributed by atoms with Gasteiger partial charge in [0.1, 0.15) is 0 Å². The molecule has 1 heterocycles. The molecule has 0 unspecified atom stereocenters. The second-order valence-electron chi connectivity index (χ2n) is 3.42. The molecule has 0 bridgehead atoms. The molecule has 2 rings (SSSR count). The molecule has 0 saturated carbocycles. The first-order chi connectivity index (χ1) is 6.70. The third kappa shape index (κ3) is 1.46. The summed E-state index contributed by atoms with van der Waals surface area (Å²) in [5.74, 6) is 0. The van der Waals surface area contributed by atoms with E-state index >= 15 is 0 Å². The number of fused-ring (bicyclic) bond motifs is 1. The van der Waals surface area contributed by atoms with Crippen LogP contribution in [0.2, 0.25) is 0 Å². The molecule has 0 radical (unpaired) electrons. The van der Waals surface area contributed by atoms with E-state index < -0.39 is 0 Å². The van der Waals surface area contributed by atoms with Gasteiger partial charge in [-0.3, -0.25) is 0 Å². The summed E-state index contributed by atoms with van der Waals surface area (Å²) in [6.07, 6.45) is 0. The molecule has 0 amide bonds. The zero-order valence-electron chi connectivity index (χ0n) is 8.41. The SMILES string of the molecule is Cc1nc2ccc(CN)cc2nc1C. The van der Waals surface area contributed by atoms with E-state index in [2.05, 4.69) is 9.97 Å². The Balaban J connectivity index is 2.70. The van der Waals surface area contributed by atoms with E-state index in [1.807, 2.05) is 32.0 Å². The van der Waals surface area contributed by atoms with E-state index in [-0.39, 0.29) is 0 Å². The van der Waals surface area contributed by atoms with Crippen LogP contribution in [-0.4, -0.2) is 9.97 Å². The van der Waals surface area contributed by atoms with Gasteiger partial charge < -0.3 is 5.73 Å². The van der Waals surface area contributed by atoms with Gasteiger partial charge in [0.25, 0.3) is 0 Å². The first-order valence-electron chi connectivity index (χ1n) is 4.64. The monoisotopic (exact) mass is 187 g/mol. The molecule has 0 saturated heterocycles. The summed E-state index contributed by atoms with van der Waals surface area (Å²) in [6.45, 7) is 4.49. The molecule has 0 aliphatic rings. The van der Waals surface area contributed by atoms with Gasteiger partial charge in [0.05, 0.1) is 22.4 Å². The smallest absolute Gasteiger partial charge is 0.0893 e. The van der Waals surface area contributed by atoms with Gasteiger partial charge in [0.15, 0.2) is 0 Å². The number of nitrogens with zero attached hydrogens (tertiary/aromatic N) is 2. The third-order valence-corrected chi connectivity index (χ3v) is 2.38. The van der Waals surface area contributed by atoms with Crippen molar-refractivity contribution in [2.75, 3.05) is 0 Å². The molecule has 14 heavy (non-hydrogen) atoms. The third-order valence-electron chi connectivity index (χ3n) is 2.38. The maximum atomic E-state index is 5.56. The number of aryl methyl sites for hydroxylation is 2. The maximum Gasteiger partial charge on any atom is 0.0893 e. The van der Waals surface area contributed by atoms with Gasteiger partial charge in [-0.15, -0.1) is 0 Å². The number of benzene rings is 1. The second kappa shape index (κ2) is 3.35. The van der Waals surface area contributed by atoms with Crippen LogP contribution in [0.1, 0.15) is 17.0 Å². The lowest BCUT2D eigenvalue weighted by Gasteiger charge is -2.03. The van der Waals surface area contributed by atoms with Crippen molar-refractivity contribution in [1.82, 2.24) is 9.97 Å². The fourth-order valence-electron chi connectivity index (χ4n) is 1.40. The number of aromatic nitrogens is 2. The highest BCUT2D eigenvalue weighted by atomic mass is 14.8. The lowest BCUT2D eigenvalue weighted by molar-refractivity contribution is 1.06. The number of hydrogen-bond acceptors (Lipinski definition) is 3. The van der Waals surface area contributed by atoms with Gasteiger partial charge >= 0.3 is 0 Å². The maximum absolute atomic E-state index is 5.56. The summed E-state index contributed by atoms with van der Waals surface area (Å²) in [5.41, 5.74) is 10.5. The quantitative estimate of drug-likeness (QED) is 0.739. The zero-order chi connectivity index (χ0) is 10.1. The normalized spacial score (nSPS) is 10.8. The van der Waals surface area contributed by atoms with Gasteiger partial charge in [0.2, 0.25) is 0 Å². The van der Waals surface area contributed by atoms with Crippen molar-refractivity contribution >= 4 is 11.0 Å². The van der Waals surface area contributed by atoms with Crippen LogP contribution < -0.4 is 5.73 Å². The van der Waals surface area contributed by atoms with E-state index in [1.54, 1.807) is 0 Å². The van der Waals surface area contributed by atoms with Gasteiger partial charge in [0, 0.05) is 6.54 Å². The van der Waals surface area contributed by atoms with E-state index in [9.17, 15) is 0 Å². The van der Waals surface area contributed by atoms with Crippen LogP contribution in [0.25, 0.3) is 11.0 Å². The molecule has 1 aromatic heterocycles. The number of nitrogens with two attached hydrogens (primary N) is 1. The predicted molar refractivity (Wildman–Crippen MR) is 56.9 cm³/mol. The Morgan fingerprint density at radius 1 is 1.07 bits per heavy atom. The molecule has 0 spiro atoms. The molecular formula is C11H13N3. The van der Waals surface area contributed by atoms with Crippen molar-refractivity contribution in [3.63, 3.8) is 0 Å². The Bertz CT molecular complexity index is 477. The van der Waals surface area contributed by atoms with Crippen molar-refractivity contribution in [1.29, 1.82) is 0 Å². The summed E-state index contributed by atoms with van der Waals surface area (Å²) in [5, 5.41) is 0. The van der Waals surface area contributed by atoms with Crippen molar-refractivity contribution in [3.05, 3.63) is 35.2 Å². The highest BCUT2D eigenvalue weighted by molar-refractivity contribution is 5.75. The molecule has 0 aliphatic carbocycles. The van der Waals surface area contributed by atoms with Gasteiger partial charge in [-0.1, -0.05) is 6.07 Å². The van der Waals surface area contributed by atoms with E-state index in [4.69, 9.17) is 5.73 Å². The largest absolute Gasteiger partial charge is 0.326 e. The average molecular weight is 187 g/mol. The van der Waals surface area contributed by atoms with Crippen molar-refractivity contribution in [2.24, 2.45) is 5.73 Å². The minimum atomic E-state index is 0.546. The van der Waals surface area contributed by atoms with Gasteiger partial charge in [-0.05, 0) is 31.5 Å². The van der Waals surface area contributed by atoms with Crippen LogP contribution in [-0.2, 0) is 6.54 Å². The molecule has 3 nitrogen and oxygen atoms in total. The minimum Gasteiger partial charge on any atom is -0.326 e. The second-order valence-corrected chi connectivity index (χ2v) is 3.42. The van der Waals surface area contributed by atoms with Crippen LogP contribution >= 0.6 is 0 Å². The van der Waals surface area contributed by atoms with Crippen LogP contribution in [0.15, 0.2) is 18.2 Å². The minimum absolute atomic E-state index is 0.546. The molecule has 0 atom stereocenters.